The van der Waals surface area contributed by atoms with Crippen molar-refractivity contribution in [1.29, 1.82) is 0 Å². The van der Waals surface area contributed by atoms with Crippen LogP contribution >= 0.6 is 0 Å². The number of para-hydroxylation sites is 2. The summed E-state index contributed by atoms with van der Waals surface area (Å²) in [4.78, 5) is 9.16. The molecule has 0 radical (unpaired) electrons. The quantitative estimate of drug-likeness (QED) is 0.587. The number of hydrogen-bond donors (Lipinski definition) is 0. The average molecular weight is 256 g/mol. The predicted octanol–water partition coefficient (Wildman–Crippen LogP) is 2.88. The minimum Gasteiger partial charge on any atom is -0.284 e. The van der Waals surface area contributed by atoms with E-state index >= 15 is 0 Å². The Labute approximate surface area is 114 Å². The van der Waals surface area contributed by atoms with Gasteiger partial charge in [0, 0.05) is 13.1 Å². The number of rotatable bonds is 6. The molecule has 4 heteroatoms. The first kappa shape index (κ1) is 13.5. The molecule has 0 bridgehead atoms. The second-order valence-corrected chi connectivity index (χ2v) is 4.23. The Bertz CT molecular complexity index is 549. The van der Waals surface area contributed by atoms with Gasteiger partial charge in [-0.3, -0.25) is 9.99 Å². The fourth-order valence-corrected chi connectivity index (χ4v) is 2.11. The molecule has 1 heterocycles. The van der Waals surface area contributed by atoms with Gasteiger partial charge in [-0.25, -0.2) is 9.99 Å². The summed E-state index contributed by atoms with van der Waals surface area (Å²) in [5.41, 5.74) is 1.84. The molecule has 0 saturated heterocycles. The minimum atomic E-state index is 0.731. The van der Waals surface area contributed by atoms with Crippen LogP contribution < -0.4 is 5.01 Å². The highest BCUT2D eigenvalue weighted by molar-refractivity contribution is 5.75. The molecule has 100 valence electrons. The van der Waals surface area contributed by atoms with E-state index in [9.17, 15) is 0 Å². The molecule has 0 atom stereocenters. The van der Waals surface area contributed by atoms with Gasteiger partial charge in [-0.15, -0.1) is 6.58 Å². The lowest BCUT2D eigenvalue weighted by Crippen LogP contribution is -2.43. The Balaban J connectivity index is 2.40. The van der Waals surface area contributed by atoms with Gasteiger partial charge in [-0.05, 0) is 12.1 Å². The molecular weight excluding hydrogens is 236 g/mol. The van der Waals surface area contributed by atoms with Crippen molar-refractivity contribution in [3.05, 3.63) is 43.1 Å². The van der Waals surface area contributed by atoms with E-state index < -0.39 is 0 Å². The van der Waals surface area contributed by atoms with Crippen LogP contribution in [-0.4, -0.2) is 34.6 Å². The summed E-state index contributed by atoms with van der Waals surface area (Å²) in [5.74, 6) is 0.863. The highest BCUT2D eigenvalue weighted by atomic mass is 15.6. The van der Waals surface area contributed by atoms with Gasteiger partial charge in [0.05, 0.1) is 23.8 Å². The Morgan fingerprint density at radius 3 is 2.47 bits per heavy atom. The van der Waals surface area contributed by atoms with Crippen molar-refractivity contribution in [3.63, 3.8) is 0 Å². The lowest BCUT2D eigenvalue weighted by molar-refractivity contribution is 0.282. The fourth-order valence-electron chi connectivity index (χ4n) is 2.11. The average Bonchev–Trinajstić information content (AvgIpc) is 2.47. The van der Waals surface area contributed by atoms with E-state index in [4.69, 9.17) is 0 Å². The summed E-state index contributed by atoms with van der Waals surface area (Å²) in [6.45, 7) is 10.7. The fraction of sp³-hybridized carbons (Fsp3) is 0.333. The first-order valence-electron chi connectivity index (χ1n) is 6.65. The van der Waals surface area contributed by atoms with Crippen LogP contribution in [0.15, 0.2) is 43.1 Å². The number of fused-ring (bicyclic) bond motifs is 1. The van der Waals surface area contributed by atoms with Crippen LogP contribution in [0.2, 0.25) is 0 Å². The molecule has 0 aliphatic carbocycles. The minimum absolute atomic E-state index is 0.731. The molecule has 19 heavy (non-hydrogen) atoms. The van der Waals surface area contributed by atoms with Gasteiger partial charge >= 0.3 is 0 Å². The summed E-state index contributed by atoms with van der Waals surface area (Å²) in [5, 5.41) is 4.34. The largest absolute Gasteiger partial charge is 0.284 e. The zero-order valence-electron chi connectivity index (χ0n) is 11.6. The van der Waals surface area contributed by atoms with Crippen LogP contribution in [0.3, 0.4) is 0 Å². The Hall–Kier alpha value is -1.94. The summed E-state index contributed by atoms with van der Waals surface area (Å²) >= 11 is 0. The summed E-state index contributed by atoms with van der Waals surface area (Å²) < 4.78 is 0. The third-order valence-corrected chi connectivity index (χ3v) is 3.07. The van der Waals surface area contributed by atoms with E-state index in [0.29, 0.717) is 0 Å². The van der Waals surface area contributed by atoms with Crippen molar-refractivity contribution < 1.29 is 0 Å². The molecule has 0 aliphatic rings. The molecule has 1 aromatic carbocycles. The molecule has 1 aromatic heterocycles. The molecule has 0 spiro atoms. The van der Waals surface area contributed by atoms with Gasteiger partial charge in [0.25, 0.3) is 0 Å². The molecule has 0 N–H and O–H groups in total. The molecular formula is C15H20N4. The molecule has 4 nitrogen and oxygen atoms in total. The first-order valence-corrected chi connectivity index (χ1v) is 6.65. The summed E-state index contributed by atoms with van der Waals surface area (Å²) in [6, 6.07) is 7.92. The van der Waals surface area contributed by atoms with Crippen LogP contribution in [-0.2, 0) is 0 Å². The van der Waals surface area contributed by atoms with E-state index in [-0.39, 0.29) is 0 Å². The molecule has 0 unspecified atom stereocenters. The van der Waals surface area contributed by atoms with Crippen molar-refractivity contribution >= 4 is 16.9 Å². The van der Waals surface area contributed by atoms with Gasteiger partial charge < -0.3 is 0 Å². The standard InChI is InChI=1S/C15H20N4/c1-4-11-19(18(5-2)6-3)15-12-16-13-9-7-8-10-14(13)17-15/h4,7-10,12H,1,5-6,11H2,2-3H3. The Kier molecular flexibility index (Phi) is 4.47. The van der Waals surface area contributed by atoms with Crippen LogP contribution in [0.5, 0.6) is 0 Å². The number of nitrogens with zero attached hydrogens (tertiary/aromatic N) is 4. The highest BCUT2D eigenvalue weighted by Gasteiger charge is 2.13. The maximum absolute atomic E-state index is 4.68. The van der Waals surface area contributed by atoms with Crippen molar-refractivity contribution in [2.24, 2.45) is 0 Å². The van der Waals surface area contributed by atoms with Crippen LogP contribution in [0.25, 0.3) is 11.0 Å². The number of benzene rings is 1. The van der Waals surface area contributed by atoms with Crippen LogP contribution in [0.4, 0.5) is 5.82 Å². The molecule has 2 rings (SSSR count). The second kappa shape index (κ2) is 6.29. The van der Waals surface area contributed by atoms with Gasteiger partial charge in [-0.2, -0.15) is 0 Å². The zero-order chi connectivity index (χ0) is 13.7. The number of aromatic nitrogens is 2. The van der Waals surface area contributed by atoms with Crippen molar-refractivity contribution in [2.75, 3.05) is 24.6 Å². The van der Waals surface area contributed by atoms with Crippen LogP contribution in [0, 0.1) is 0 Å². The predicted molar refractivity (Wildman–Crippen MR) is 80.0 cm³/mol. The zero-order valence-corrected chi connectivity index (χ0v) is 11.6. The smallest absolute Gasteiger partial charge is 0.162 e. The Morgan fingerprint density at radius 2 is 1.84 bits per heavy atom. The molecule has 0 fully saturated rings. The molecule has 0 saturated carbocycles. The first-order chi connectivity index (χ1) is 9.30. The van der Waals surface area contributed by atoms with Gasteiger partial charge in [0.15, 0.2) is 5.82 Å². The third-order valence-electron chi connectivity index (χ3n) is 3.07. The number of anilines is 1. The van der Waals surface area contributed by atoms with Crippen molar-refractivity contribution in [3.8, 4) is 0 Å². The summed E-state index contributed by atoms with van der Waals surface area (Å²) in [6.07, 6.45) is 3.71. The van der Waals surface area contributed by atoms with Crippen molar-refractivity contribution in [2.45, 2.75) is 13.8 Å². The Morgan fingerprint density at radius 1 is 1.16 bits per heavy atom. The molecule has 2 aromatic rings. The second-order valence-electron chi connectivity index (χ2n) is 4.23. The monoisotopic (exact) mass is 256 g/mol. The van der Waals surface area contributed by atoms with E-state index in [1.165, 1.54) is 0 Å². The van der Waals surface area contributed by atoms with Gasteiger partial charge in [-0.1, -0.05) is 32.1 Å². The van der Waals surface area contributed by atoms with E-state index in [0.717, 1.165) is 36.5 Å². The van der Waals surface area contributed by atoms with Gasteiger partial charge in [0.2, 0.25) is 0 Å². The van der Waals surface area contributed by atoms with Crippen LogP contribution in [0.1, 0.15) is 13.8 Å². The third kappa shape index (κ3) is 2.90. The lowest BCUT2D eigenvalue weighted by atomic mass is 10.3. The normalized spacial score (nSPS) is 10.9. The number of hydrogen-bond acceptors (Lipinski definition) is 4. The topological polar surface area (TPSA) is 32.3 Å². The van der Waals surface area contributed by atoms with E-state index in [1.54, 1.807) is 0 Å². The van der Waals surface area contributed by atoms with E-state index in [1.807, 2.05) is 36.5 Å². The summed E-state index contributed by atoms with van der Waals surface area (Å²) in [7, 11) is 0. The van der Waals surface area contributed by atoms with E-state index in [2.05, 4.69) is 40.4 Å². The maximum atomic E-state index is 4.68. The van der Waals surface area contributed by atoms with Crippen molar-refractivity contribution in [1.82, 2.24) is 15.0 Å². The molecule has 0 amide bonds. The SMILES string of the molecule is C=CCN(c1cnc2ccccc2n1)N(CC)CC. The van der Waals surface area contributed by atoms with Gasteiger partial charge in [0.1, 0.15) is 0 Å². The highest BCUT2D eigenvalue weighted by Crippen LogP contribution is 2.16. The lowest BCUT2D eigenvalue weighted by Gasteiger charge is -2.33. The maximum Gasteiger partial charge on any atom is 0.162 e. The number of hydrazine groups is 1. The molecule has 0 aliphatic heterocycles.